The Morgan fingerprint density at radius 2 is 2.18 bits per heavy atom. The fraction of sp³-hybridized carbons (Fsp3) is 0.333. The van der Waals surface area contributed by atoms with Crippen LogP contribution in [0.15, 0.2) is 18.2 Å². The fourth-order valence-electron chi connectivity index (χ4n) is 1.15. The zero-order valence-corrected chi connectivity index (χ0v) is 9.55. The first-order valence-corrected chi connectivity index (χ1v) is 5.11. The summed E-state index contributed by atoms with van der Waals surface area (Å²) in [4.78, 5) is 11.7. The number of halogens is 2. The van der Waals surface area contributed by atoms with Crippen LogP contribution >= 0.6 is 0 Å². The summed E-state index contributed by atoms with van der Waals surface area (Å²) in [6.45, 7) is 3.12. The highest BCUT2D eigenvalue weighted by Crippen LogP contribution is 2.24. The van der Waals surface area contributed by atoms with Gasteiger partial charge in [-0.05, 0) is 25.5 Å². The Balaban J connectivity index is 2.97. The largest absolute Gasteiger partial charge is 0.322 e. The van der Waals surface area contributed by atoms with Gasteiger partial charge in [0, 0.05) is 0 Å². The van der Waals surface area contributed by atoms with Crippen molar-refractivity contribution in [1.29, 1.82) is 5.26 Å². The first kappa shape index (κ1) is 13.1. The van der Waals surface area contributed by atoms with Crippen LogP contribution in [0.3, 0.4) is 0 Å². The van der Waals surface area contributed by atoms with Gasteiger partial charge in [-0.15, -0.1) is 0 Å². The van der Waals surface area contributed by atoms with Gasteiger partial charge in [-0.25, -0.2) is 8.78 Å². The standard InChI is InChI=1S/C12H12F2N2O/c1-3-12(2,7-15)11(17)16-9-6-4-5-8(13)10(9)14/h4-6H,3H2,1-2H3,(H,16,17). The summed E-state index contributed by atoms with van der Waals surface area (Å²) in [5.41, 5.74) is -1.51. The van der Waals surface area contributed by atoms with Crippen LogP contribution in [-0.4, -0.2) is 5.91 Å². The maximum atomic E-state index is 13.3. The molecule has 0 aliphatic rings. The molecule has 0 aliphatic heterocycles. The van der Waals surface area contributed by atoms with Crippen molar-refractivity contribution in [3.63, 3.8) is 0 Å². The summed E-state index contributed by atoms with van der Waals surface area (Å²) >= 11 is 0. The lowest BCUT2D eigenvalue weighted by Crippen LogP contribution is -2.31. The lowest BCUT2D eigenvalue weighted by Gasteiger charge is -2.18. The van der Waals surface area contributed by atoms with Crippen molar-refractivity contribution < 1.29 is 13.6 Å². The van der Waals surface area contributed by atoms with Crippen LogP contribution < -0.4 is 5.32 Å². The molecule has 0 saturated heterocycles. The molecule has 0 spiro atoms. The molecule has 17 heavy (non-hydrogen) atoms. The highest BCUT2D eigenvalue weighted by Gasteiger charge is 2.31. The maximum Gasteiger partial charge on any atom is 0.244 e. The van der Waals surface area contributed by atoms with Crippen molar-refractivity contribution in [3.05, 3.63) is 29.8 Å². The van der Waals surface area contributed by atoms with Crippen LogP contribution in [0, 0.1) is 28.4 Å². The molecule has 0 aliphatic carbocycles. The molecule has 1 aromatic rings. The SMILES string of the molecule is CCC(C)(C#N)C(=O)Nc1cccc(F)c1F. The van der Waals surface area contributed by atoms with E-state index in [2.05, 4.69) is 5.32 Å². The van der Waals surface area contributed by atoms with Gasteiger partial charge >= 0.3 is 0 Å². The second-order valence-electron chi connectivity index (χ2n) is 3.85. The van der Waals surface area contributed by atoms with E-state index in [-0.39, 0.29) is 12.1 Å². The van der Waals surface area contributed by atoms with E-state index in [1.807, 2.05) is 6.07 Å². The third-order valence-corrected chi connectivity index (χ3v) is 2.65. The van der Waals surface area contributed by atoms with E-state index < -0.39 is 23.0 Å². The van der Waals surface area contributed by atoms with E-state index in [0.29, 0.717) is 0 Å². The lowest BCUT2D eigenvalue weighted by atomic mass is 9.88. The van der Waals surface area contributed by atoms with Gasteiger partial charge in [-0.3, -0.25) is 4.79 Å². The molecule has 0 heterocycles. The van der Waals surface area contributed by atoms with E-state index in [1.54, 1.807) is 6.92 Å². The minimum absolute atomic E-state index is 0.259. The summed E-state index contributed by atoms with van der Waals surface area (Å²) in [5.74, 6) is -2.82. The molecule has 1 N–H and O–H groups in total. The number of nitrogens with one attached hydrogen (secondary N) is 1. The Kier molecular flexibility index (Phi) is 3.79. The molecule has 0 bridgehead atoms. The Hall–Kier alpha value is -1.96. The Bertz CT molecular complexity index is 482. The molecular formula is C12H12F2N2O. The van der Waals surface area contributed by atoms with E-state index in [4.69, 9.17) is 5.26 Å². The van der Waals surface area contributed by atoms with Gasteiger partial charge in [0.25, 0.3) is 0 Å². The number of hydrogen-bond donors (Lipinski definition) is 1. The molecule has 0 saturated carbocycles. The number of benzene rings is 1. The highest BCUT2D eigenvalue weighted by molar-refractivity contribution is 5.96. The summed E-state index contributed by atoms with van der Waals surface area (Å²) in [7, 11) is 0. The molecule has 0 radical (unpaired) electrons. The third-order valence-electron chi connectivity index (χ3n) is 2.65. The number of nitriles is 1. The zero-order chi connectivity index (χ0) is 13.1. The summed E-state index contributed by atoms with van der Waals surface area (Å²) in [5, 5.41) is 11.1. The molecule has 5 heteroatoms. The first-order chi connectivity index (χ1) is 7.94. The number of rotatable bonds is 3. The molecule has 0 fully saturated rings. The maximum absolute atomic E-state index is 13.3. The number of nitrogens with zero attached hydrogens (tertiary/aromatic N) is 1. The van der Waals surface area contributed by atoms with Gasteiger partial charge in [0.05, 0.1) is 11.8 Å². The molecule has 90 valence electrons. The molecule has 3 nitrogen and oxygen atoms in total. The second kappa shape index (κ2) is 4.91. The summed E-state index contributed by atoms with van der Waals surface area (Å²) in [6.07, 6.45) is 0.284. The Labute approximate surface area is 98.1 Å². The van der Waals surface area contributed by atoms with Crippen LogP contribution in [0.25, 0.3) is 0 Å². The van der Waals surface area contributed by atoms with Gasteiger partial charge in [0.2, 0.25) is 5.91 Å². The lowest BCUT2D eigenvalue weighted by molar-refractivity contribution is -0.122. The Morgan fingerprint density at radius 1 is 1.53 bits per heavy atom. The predicted molar refractivity (Wildman–Crippen MR) is 59.0 cm³/mol. The molecule has 1 amide bonds. The fourth-order valence-corrected chi connectivity index (χ4v) is 1.15. The zero-order valence-electron chi connectivity index (χ0n) is 9.55. The molecule has 1 unspecified atom stereocenters. The molecule has 1 rings (SSSR count). The average Bonchev–Trinajstić information content (AvgIpc) is 2.33. The predicted octanol–water partition coefficient (Wildman–Crippen LogP) is 2.84. The summed E-state index contributed by atoms with van der Waals surface area (Å²) < 4.78 is 26.2. The smallest absolute Gasteiger partial charge is 0.244 e. The van der Waals surface area contributed by atoms with Gasteiger partial charge in [0.1, 0.15) is 5.41 Å². The second-order valence-corrected chi connectivity index (χ2v) is 3.85. The molecule has 1 atom stereocenters. The number of hydrogen-bond acceptors (Lipinski definition) is 2. The van der Waals surface area contributed by atoms with Crippen LogP contribution in [-0.2, 0) is 4.79 Å². The van der Waals surface area contributed by atoms with E-state index in [0.717, 1.165) is 6.07 Å². The number of carbonyl (C=O) groups is 1. The van der Waals surface area contributed by atoms with Gasteiger partial charge in [0.15, 0.2) is 11.6 Å². The van der Waals surface area contributed by atoms with Crippen LogP contribution in [0.5, 0.6) is 0 Å². The van der Waals surface area contributed by atoms with E-state index in [1.165, 1.54) is 19.1 Å². The summed E-state index contributed by atoms with van der Waals surface area (Å²) in [6, 6.07) is 5.33. The van der Waals surface area contributed by atoms with Crippen molar-refractivity contribution >= 4 is 11.6 Å². The topological polar surface area (TPSA) is 52.9 Å². The molecule has 1 aromatic carbocycles. The van der Waals surface area contributed by atoms with Crippen molar-refractivity contribution in [2.75, 3.05) is 5.32 Å². The quantitative estimate of drug-likeness (QED) is 0.880. The van der Waals surface area contributed by atoms with Crippen molar-refractivity contribution in [3.8, 4) is 6.07 Å². The van der Waals surface area contributed by atoms with Crippen LogP contribution in [0.4, 0.5) is 14.5 Å². The number of anilines is 1. The van der Waals surface area contributed by atoms with Gasteiger partial charge in [-0.2, -0.15) is 5.26 Å². The van der Waals surface area contributed by atoms with Crippen molar-refractivity contribution in [2.24, 2.45) is 5.41 Å². The van der Waals surface area contributed by atoms with Crippen molar-refractivity contribution in [1.82, 2.24) is 0 Å². The highest BCUT2D eigenvalue weighted by atomic mass is 19.2. The minimum Gasteiger partial charge on any atom is -0.322 e. The number of amides is 1. The van der Waals surface area contributed by atoms with E-state index in [9.17, 15) is 13.6 Å². The first-order valence-electron chi connectivity index (χ1n) is 5.11. The molecule has 0 aromatic heterocycles. The van der Waals surface area contributed by atoms with Crippen LogP contribution in [0.2, 0.25) is 0 Å². The minimum atomic E-state index is -1.25. The third kappa shape index (κ3) is 2.59. The average molecular weight is 238 g/mol. The van der Waals surface area contributed by atoms with E-state index >= 15 is 0 Å². The normalized spacial score (nSPS) is 13.6. The Morgan fingerprint density at radius 3 is 2.71 bits per heavy atom. The number of carbonyl (C=O) groups excluding carboxylic acids is 1. The monoisotopic (exact) mass is 238 g/mol. The van der Waals surface area contributed by atoms with Crippen LogP contribution in [0.1, 0.15) is 20.3 Å². The van der Waals surface area contributed by atoms with Gasteiger partial charge < -0.3 is 5.32 Å². The van der Waals surface area contributed by atoms with Gasteiger partial charge in [-0.1, -0.05) is 13.0 Å². The molecular weight excluding hydrogens is 226 g/mol. The van der Waals surface area contributed by atoms with Crippen molar-refractivity contribution in [2.45, 2.75) is 20.3 Å².